The fourth-order valence-corrected chi connectivity index (χ4v) is 1.59. The maximum atomic E-state index is 5.38. The average Bonchev–Trinajstić information content (AvgIpc) is 2.91. The number of aromatic nitrogens is 5. The van der Waals surface area contributed by atoms with Crippen LogP contribution in [0, 0.1) is 0 Å². The van der Waals surface area contributed by atoms with Gasteiger partial charge in [0.2, 0.25) is 0 Å². The first kappa shape index (κ1) is 13.6. The Balaban J connectivity index is 1.64. The van der Waals surface area contributed by atoms with Crippen molar-refractivity contribution in [2.75, 3.05) is 38.8 Å². The Kier molecular flexibility index (Phi) is 5.45. The lowest BCUT2D eigenvalue weighted by Crippen LogP contribution is -2.09. The summed E-state index contributed by atoms with van der Waals surface area (Å²) in [6.07, 6.45) is 5.33. The lowest BCUT2D eigenvalue weighted by molar-refractivity contribution is 0.0691. The van der Waals surface area contributed by atoms with Gasteiger partial charge in [-0.1, -0.05) is 0 Å². The van der Waals surface area contributed by atoms with Crippen LogP contribution in [0.5, 0.6) is 0 Å². The van der Waals surface area contributed by atoms with Crippen molar-refractivity contribution in [3.8, 4) is 0 Å². The molecule has 19 heavy (non-hydrogen) atoms. The second-order valence-corrected chi connectivity index (χ2v) is 3.98. The minimum atomic E-state index is 0.632. The fraction of sp³-hybridized carbons (Fsp3) is 0.636. The quantitative estimate of drug-likeness (QED) is 0.656. The first-order valence-corrected chi connectivity index (χ1v) is 6.24. The number of unbranched alkanes of at least 4 members (excludes halogenated alkanes) is 1. The van der Waals surface area contributed by atoms with Crippen molar-refractivity contribution >= 4 is 11.5 Å². The topological polar surface area (TPSA) is 86.5 Å². The number of tetrazole rings is 1. The van der Waals surface area contributed by atoms with Crippen molar-refractivity contribution < 1.29 is 9.47 Å². The summed E-state index contributed by atoms with van der Waals surface area (Å²) >= 11 is 0. The Morgan fingerprint density at radius 3 is 3.05 bits per heavy atom. The normalized spacial score (nSPS) is 11.0. The maximum Gasteiger partial charge on any atom is 0.199 e. The lowest BCUT2D eigenvalue weighted by atomic mass is 10.3. The van der Waals surface area contributed by atoms with Crippen molar-refractivity contribution in [3.63, 3.8) is 0 Å². The Bertz CT molecular complexity index is 489. The van der Waals surface area contributed by atoms with E-state index in [1.807, 2.05) is 0 Å². The first-order chi connectivity index (χ1) is 9.42. The van der Waals surface area contributed by atoms with Gasteiger partial charge in [-0.25, -0.2) is 0 Å². The highest BCUT2D eigenvalue weighted by molar-refractivity contribution is 5.43. The molecular formula is C11H18N6O2. The molecule has 2 rings (SSSR count). The molecule has 8 nitrogen and oxygen atoms in total. The molecule has 0 aliphatic rings. The summed E-state index contributed by atoms with van der Waals surface area (Å²) < 4.78 is 11.9. The van der Waals surface area contributed by atoms with Crippen LogP contribution in [0.3, 0.4) is 0 Å². The second kappa shape index (κ2) is 7.59. The molecule has 0 atom stereocenters. The zero-order chi connectivity index (χ0) is 13.3. The predicted octanol–water partition coefficient (Wildman–Crippen LogP) is 0.374. The molecule has 1 N–H and O–H groups in total. The molecule has 0 amide bonds. The average molecular weight is 266 g/mol. The zero-order valence-corrected chi connectivity index (χ0v) is 10.9. The molecule has 0 saturated carbocycles. The summed E-state index contributed by atoms with van der Waals surface area (Å²) in [7, 11) is 1.67. The van der Waals surface area contributed by atoms with E-state index in [1.165, 1.54) is 0 Å². The Labute approximate surface area is 111 Å². The molecular weight excluding hydrogens is 248 g/mol. The van der Waals surface area contributed by atoms with Crippen molar-refractivity contribution in [1.82, 2.24) is 25.0 Å². The number of ether oxygens (including phenoxy) is 2. The smallest absolute Gasteiger partial charge is 0.199 e. The molecule has 0 aliphatic heterocycles. The maximum absolute atomic E-state index is 5.38. The molecule has 0 spiro atoms. The van der Waals surface area contributed by atoms with E-state index in [0.717, 1.165) is 31.8 Å². The van der Waals surface area contributed by atoms with Crippen LogP contribution in [0.25, 0.3) is 5.65 Å². The minimum Gasteiger partial charge on any atom is -0.382 e. The van der Waals surface area contributed by atoms with Crippen LogP contribution in [0.2, 0.25) is 0 Å². The van der Waals surface area contributed by atoms with E-state index in [1.54, 1.807) is 24.0 Å². The fourth-order valence-electron chi connectivity index (χ4n) is 1.59. The van der Waals surface area contributed by atoms with Crippen LogP contribution in [0.1, 0.15) is 12.8 Å². The molecule has 8 heteroatoms. The number of hydrogen-bond acceptors (Lipinski definition) is 7. The third-order valence-electron chi connectivity index (χ3n) is 2.56. The van der Waals surface area contributed by atoms with E-state index in [0.29, 0.717) is 18.9 Å². The van der Waals surface area contributed by atoms with Gasteiger partial charge in [-0.2, -0.15) is 4.52 Å². The van der Waals surface area contributed by atoms with Crippen molar-refractivity contribution in [2.24, 2.45) is 0 Å². The molecule has 0 fully saturated rings. The van der Waals surface area contributed by atoms with E-state index in [9.17, 15) is 0 Å². The van der Waals surface area contributed by atoms with Crippen LogP contribution >= 0.6 is 0 Å². The highest BCUT2D eigenvalue weighted by Crippen LogP contribution is 2.05. The van der Waals surface area contributed by atoms with Crippen LogP contribution in [0.15, 0.2) is 12.4 Å². The molecule has 0 aliphatic carbocycles. The first-order valence-electron chi connectivity index (χ1n) is 6.24. The molecule has 2 aromatic rings. The monoisotopic (exact) mass is 266 g/mol. The van der Waals surface area contributed by atoms with Gasteiger partial charge < -0.3 is 14.8 Å². The summed E-state index contributed by atoms with van der Waals surface area (Å²) in [4.78, 5) is 4.07. The lowest BCUT2D eigenvalue weighted by Gasteiger charge is -2.07. The third kappa shape index (κ3) is 4.11. The van der Waals surface area contributed by atoms with Gasteiger partial charge in [0.05, 0.1) is 25.6 Å². The Morgan fingerprint density at radius 2 is 2.16 bits per heavy atom. The standard InChI is InChI=1S/C11H18N6O2/c1-18-6-7-19-5-3-2-4-13-10-8-12-9-11-14-15-16-17(10)11/h8-9,13H,2-7H2,1H3. The van der Waals surface area contributed by atoms with Gasteiger partial charge >= 0.3 is 0 Å². The molecule has 0 unspecified atom stereocenters. The van der Waals surface area contributed by atoms with E-state index in [4.69, 9.17) is 9.47 Å². The molecule has 0 saturated heterocycles. The number of hydrogen-bond donors (Lipinski definition) is 1. The summed E-state index contributed by atoms with van der Waals surface area (Å²) in [6, 6.07) is 0. The summed E-state index contributed by atoms with van der Waals surface area (Å²) in [5, 5.41) is 14.6. The number of nitrogens with one attached hydrogen (secondary N) is 1. The molecule has 0 aromatic carbocycles. The molecule has 104 valence electrons. The largest absolute Gasteiger partial charge is 0.382 e. The van der Waals surface area contributed by atoms with Gasteiger partial charge in [-0.05, 0) is 23.3 Å². The van der Waals surface area contributed by atoms with Gasteiger partial charge in [0.25, 0.3) is 0 Å². The molecule has 2 heterocycles. The van der Waals surface area contributed by atoms with E-state index < -0.39 is 0 Å². The van der Waals surface area contributed by atoms with Gasteiger partial charge in [-0.15, -0.1) is 5.10 Å². The van der Waals surface area contributed by atoms with Crippen LogP contribution in [-0.2, 0) is 9.47 Å². The second-order valence-electron chi connectivity index (χ2n) is 3.98. The zero-order valence-electron chi connectivity index (χ0n) is 10.9. The summed E-state index contributed by atoms with van der Waals surface area (Å²) in [5.41, 5.74) is 0.632. The van der Waals surface area contributed by atoms with Crippen molar-refractivity contribution in [1.29, 1.82) is 0 Å². The van der Waals surface area contributed by atoms with Gasteiger partial charge in [0, 0.05) is 20.3 Å². The van der Waals surface area contributed by atoms with Crippen LogP contribution < -0.4 is 5.32 Å². The van der Waals surface area contributed by atoms with Crippen molar-refractivity contribution in [3.05, 3.63) is 12.4 Å². The van der Waals surface area contributed by atoms with Gasteiger partial charge in [0.1, 0.15) is 5.82 Å². The highest BCUT2D eigenvalue weighted by Gasteiger charge is 2.02. The molecule has 0 radical (unpaired) electrons. The number of nitrogens with zero attached hydrogens (tertiary/aromatic N) is 5. The highest BCUT2D eigenvalue weighted by atomic mass is 16.5. The Morgan fingerprint density at radius 1 is 1.21 bits per heavy atom. The van der Waals surface area contributed by atoms with E-state index in [2.05, 4.69) is 25.8 Å². The SMILES string of the molecule is COCCOCCCCNc1cncc2nnnn12. The predicted molar refractivity (Wildman–Crippen MR) is 69.0 cm³/mol. The van der Waals surface area contributed by atoms with Crippen LogP contribution in [-0.4, -0.2) is 58.5 Å². The van der Waals surface area contributed by atoms with Gasteiger partial charge in [-0.3, -0.25) is 4.98 Å². The number of rotatable bonds is 9. The summed E-state index contributed by atoms with van der Waals surface area (Å²) in [5.74, 6) is 0.794. The Hall–Kier alpha value is -1.80. The minimum absolute atomic E-state index is 0.632. The molecule has 0 bridgehead atoms. The van der Waals surface area contributed by atoms with E-state index in [-0.39, 0.29) is 0 Å². The van der Waals surface area contributed by atoms with E-state index >= 15 is 0 Å². The number of methoxy groups -OCH3 is 1. The molecule has 2 aromatic heterocycles. The third-order valence-corrected chi connectivity index (χ3v) is 2.56. The summed E-state index contributed by atoms with van der Waals surface area (Å²) in [6.45, 7) is 2.87. The van der Waals surface area contributed by atoms with Gasteiger partial charge in [0.15, 0.2) is 5.65 Å². The van der Waals surface area contributed by atoms with Crippen molar-refractivity contribution in [2.45, 2.75) is 12.8 Å². The van der Waals surface area contributed by atoms with Crippen LogP contribution in [0.4, 0.5) is 5.82 Å². The number of fused-ring (bicyclic) bond motifs is 1. The number of anilines is 1.